The molecule has 8 heteroatoms. The third-order valence-electron chi connectivity index (χ3n) is 1.44. The van der Waals surface area contributed by atoms with Gasteiger partial charge in [-0.15, -0.1) is 0 Å². The summed E-state index contributed by atoms with van der Waals surface area (Å²) >= 11 is 11.1. The first-order chi connectivity index (χ1) is 7.11. The predicted octanol–water partition coefficient (Wildman–Crippen LogP) is 0.598. The zero-order valence-electron chi connectivity index (χ0n) is 7.94. The van der Waals surface area contributed by atoms with Crippen molar-refractivity contribution in [1.82, 2.24) is 15.0 Å². The molecule has 1 rings (SSSR count). The number of ether oxygens (including phenoxy) is 1. The SMILES string of the molecule is COCC(O)CNc1nc(Cl)nc(Cl)n1. The Labute approximate surface area is 96.6 Å². The molecule has 0 aliphatic carbocycles. The van der Waals surface area contributed by atoms with E-state index in [-0.39, 0.29) is 29.7 Å². The topological polar surface area (TPSA) is 80.2 Å². The highest BCUT2D eigenvalue weighted by Gasteiger charge is 2.06. The molecule has 1 aromatic rings. The number of hydrogen-bond donors (Lipinski definition) is 2. The molecule has 0 amide bonds. The average Bonchev–Trinajstić information content (AvgIpc) is 2.14. The molecule has 0 aliphatic rings. The number of nitrogens with zero attached hydrogens (tertiary/aromatic N) is 3. The first-order valence-corrected chi connectivity index (χ1v) is 4.85. The lowest BCUT2D eigenvalue weighted by Crippen LogP contribution is -2.25. The van der Waals surface area contributed by atoms with E-state index in [2.05, 4.69) is 20.3 Å². The van der Waals surface area contributed by atoms with Gasteiger partial charge in [-0.05, 0) is 23.2 Å². The molecule has 15 heavy (non-hydrogen) atoms. The van der Waals surface area contributed by atoms with Crippen molar-refractivity contribution in [3.05, 3.63) is 10.6 Å². The summed E-state index contributed by atoms with van der Waals surface area (Å²) in [5.41, 5.74) is 0. The minimum absolute atomic E-state index is 0.00117. The highest BCUT2D eigenvalue weighted by atomic mass is 35.5. The molecule has 0 bridgehead atoms. The second kappa shape index (κ2) is 6.02. The second-order valence-corrected chi connectivity index (χ2v) is 3.36. The van der Waals surface area contributed by atoms with Crippen molar-refractivity contribution in [3.63, 3.8) is 0 Å². The molecule has 1 atom stereocenters. The molecule has 0 saturated heterocycles. The van der Waals surface area contributed by atoms with Gasteiger partial charge in [0, 0.05) is 13.7 Å². The molecule has 6 nitrogen and oxygen atoms in total. The fraction of sp³-hybridized carbons (Fsp3) is 0.571. The van der Waals surface area contributed by atoms with Crippen molar-refractivity contribution < 1.29 is 9.84 Å². The quantitative estimate of drug-likeness (QED) is 0.799. The van der Waals surface area contributed by atoms with E-state index in [1.165, 1.54) is 7.11 Å². The van der Waals surface area contributed by atoms with Gasteiger partial charge in [0.15, 0.2) is 0 Å². The van der Waals surface area contributed by atoms with Gasteiger partial charge in [-0.25, -0.2) is 0 Å². The Bertz CT molecular complexity index is 306. The van der Waals surface area contributed by atoms with Gasteiger partial charge in [-0.1, -0.05) is 0 Å². The van der Waals surface area contributed by atoms with Crippen LogP contribution in [0.5, 0.6) is 0 Å². The lowest BCUT2D eigenvalue weighted by molar-refractivity contribution is 0.0726. The zero-order chi connectivity index (χ0) is 11.3. The van der Waals surface area contributed by atoms with E-state index in [9.17, 15) is 5.11 Å². The van der Waals surface area contributed by atoms with Crippen molar-refractivity contribution in [3.8, 4) is 0 Å². The Kier molecular flexibility index (Phi) is 4.97. The Morgan fingerprint density at radius 2 is 1.93 bits per heavy atom. The molecule has 0 aliphatic heterocycles. The fourth-order valence-electron chi connectivity index (χ4n) is 0.865. The molecule has 0 spiro atoms. The average molecular weight is 253 g/mol. The van der Waals surface area contributed by atoms with E-state index in [0.717, 1.165) is 0 Å². The van der Waals surface area contributed by atoms with Gasteiger partial charge in [0.25, 0.3) is 0 Å². The first-order valence-electron chi connectivity index (χ1n) is 4.09. The van der Waals surface area contributed by atoms with Crippen LogP contribution in [0.3, 0.4) is 0 Å². The molecular weight excluding hydrogens is 243 g/mol. The summed E-state index contributed by atoms with van der Waals surface area (Å²) in [7, 11) is 1.50. The van der Waals surface area contributed by atoms with E-state index in [0.29, 0.717) is 0 Å². The monoisotopic (exact) mass is 252 g/mol. The maximum atomic E-state index is 9.32. The number of aromatic nitrogens is 3. The number of anilines is 1. The van der Waals surface area contributed by atoms with Crippen LogP contribution in [0.1, 0.15) is 0 Å². The molecule has 1 heterocycles. The summed E-state index contributed by atoms with van der Waals surface area (Å²) in [5.74, 6) is 0.218. The van der Waals surface area contributed by atoms with E-state index in [4.69, 9.17) is 27.9 Å². The lowest BCUT2D eigenvalue weighted by atomic mass is 10.4. The fourth-order valence-corrected chi connectivity index (χ4v) is 1.23. The number of nitrogens with one attached hydrogen (secondary N) is 1. The number of rotatable bonds is 5. The van der Waals surface area contributed by atoms with Crippen molar-refractivity contribution in [2.75, 3.05) is 25.6 Å². The van der Waals surface area contributed by atoms with Crippen LogP contribution in [0.4, 0.5) is 5.95 Å². The second-order valence-electron chi connectivity index (χ2n) is 2.69. The van der Waals surface area contributed by atoms with Gasteiger partial charge < -0.3 is 15.2 Å². The van der Waals surface area contributed by atoms with E-state index < -0.39 is 6.10 Å². The van der Waals surface area contributed by atoms with Crippen LogP contribution in [0.15, 0.2) is 0 Å². The number of aliphatic hydroxyl groups is 1. The Hall–Kier alpha value is -0.690. The summed E-state index contributed by atoms with van der Waals surface area (Å²) in [5, 5.41) is 12.1. The summed E-state index contributed by atoms with van der Waals surface area (Å²) < 4.78 is 4.74. The standard InChI is InChI=1S/C7H10Cl2N4O2/c1-15-3-4(14)2-10-7-12-5(8)11-6(9)13-7/h4,14H,2-3H2,1H3,(H,10,11,12,13). The predicted molar refractivity (Wildman–Crippen MR) is 56.2 cm³/mol. The third kappa shape index (κ3) is 4.57. The van der Waals surface area contributed by atoms with Crippen LogP contribution >= 0.6 is 23.2 Å². The van der Waals surface area contributed by atoms with Crippen molar-refractivity contribution in [1.29, 1.82) is 0 Å². The smallest absolute Gasteiger partial charge is 0.228 e. The molecule has 0 aromatic carbocycles. The Morgan fingerprint density at radius 1 is 1.33 bits per heavy atom. The molecular formula is C7H10Cl2N4O2. The van der Waals surface area contributed by atoms with Gasteiger partial charge in [-0.3, -0.25) is 0 Å². The van der Waals surface area contributed by atoms with Crippen molar-refractivity contribution in [2.45, 2.75) is 6.10 Å². The molecule has 2 N–H and O–H groups in total. The van der Waals surface area contributed by atoms with Crippen molar-refractivity contribution >= 4 is 29.2 Å². The van der Waals surface area contributed by atoms with Gasteiger partial charge in [0.1, 0.15) is 0 Å². The third-order valence-corrected chi connectivity index (χ3v) is 1.77. The summed E-state index contributed by atoms with van der Waals surface area (Å²) in [6.07, 6.45) is -0.649. The Balaban J connectivity index is 2.50. The number of methoxy groups -OCH3 is 1. The highest BCUT2D eigenvalue weighted by molar-refractivity contribution is 6.31. The van der Waals surface area contributed by atoms with Crippen LogP contribution < -0.4 is 5.32 Å². The molecule has 84 valence electrons. The highest BCUT2D eigenvalue weighted by Crippen LogP contribution is 2.09. The molecule has 0 fully saturated rings. The van der Waals surface area contributed by atoms with Crippen LogP contribution in [0, 0.1) is 0 Å². The van der Waals surface area contributed by atoms with Crippen LogP contribution in [0.2, 0.25) is 10.6 Å². The van der Waals surface area contributed by atoms with Gasteiger partial charge >= 0.3 is 0 Å². The minimum atomic E-state index is -0.649. The largest absolute Gasteiger partial charge is 0.389 e. The molecule has 0 radical (unpaired) electrons. The van der Waals surface area contributed by atoms with Crippen LogP contribution in [-0.2, 0) is 4.74 Å². The molecule has 1 unspecified atom stereocenters. The van der Waals surface area contributed by atoms with Crippen LogP contribution in [0.25, 0.3) is 0 Å². The van der Waals surface area contributed by atoms with E-state index >= 15 is 0 Å². The summed E-state index contributed by atoms with van der Waals surface area (Å²) in [4.78, 5) is 11.1. The molecule has 1 aromatic heterocycles. The van der Waals surface area contributed by atoms with Gasteiger partial charge in [0.05, 0.1) is 12.7 Å². The van der Waals surface area contributed by atoms with Crippen LogP contribution in [-0.4, -0.2) is 46.4 Å². The maximum Gasteiger partial charge on any atom is 0.228 e. The summed E-state index contributed by atoms with van der Waals surface area (Å²) in [6.45, 7) is 0.462. The molecule has 0 saturated carbocycles. The van der Waals surface area contributed by atoms with E-state index in [1.54, 1.807) is 0 Å². The zero-order valence-corrected chi connectivity index (χ0v) is 9.46. The first kappa shape index (κ1) is 12.4. The van der Waals surface area contributed by atoms with Gasteiger partial charge in [0.2, 0.25) is 16.5 Å². The minimum Gasteiger partial charge on any atom is -0.389 e. The van der Waals surface area contributed by atoms with E-state index in [1.807, 2.05) is 0 Å². The summed E-state index contributed by atoms with van der Waals surface area (Å²) in [6, 6.07) is 0. The Morgan fingerprint density at radius 3 is 2.47 bits per heavy atom. The van der Waals surface area contributed by atoms with Crippen molar-refractivity contribution in [2.24, 2.45) is 0 Å². The lowest BCUT2D eigenvalue weighted by Gasteiger charge is -2.10. The number of aliphatic hydroxyl groups excluding tert-OH is 1. The number of hydrogen-bond acceptors (Lipinski definition) is 6. The maximum absolute atomic E-state index is 9.32. The van der Waals surface area contributed by atoms with Gasteiger partial charge in [-0.2, -0.15) is 15.0 Å². The number of halogens is 2. The normalized spacial score (nSPS) is 12.5.